The summed E-state index contributed by atoms with van der Waals surface area (Å²) in [5.74, 6) is -0.611. The van der Waals surface area contributed by atoms with E-state index in [0.717, 1.165) is 5.56 Å². The van der Waals surface area contributed by atoms with Gasteiger partial charge in [0.1, 0.15) is 5.69 Å². The average molecular weight is 418 g/mol. The molecule has 31 heavy (non-hydrogen) atoms. The van der Waals surface area contributed by atoms with Crippen LogP contribution in [-0.2, 0) is 20.9 Å². The highest BCUT2D eigenvalue weighted by Gasteiger charge is 2.17. The molecule has 7 heteroatoms. The van der Waals surface area contributed by atoms with Gasteiger partial charge in [-0.05, 0) is 42.2 Å². The second kappa shape index (κ2) is 10.3. The lowest BCUT2D eigenvalue weighted by molar-refractivity contribution is -0.148. The molecule has 0 unspecified atom stereocenters. The number of aromatic nitrogens is 3. The summed E-state index contributed by atoms with van der Waals surface area (Å²) >= 11 is 0. The number of ether oxygens (including phenoxy) is 1. The van der Waals surface area contributed by atoms with Crippen LogP contribution in [0, 0.1) is 0 Å². The number of carbonyl (C=O) groups excluding carboxylic acids is 2. The molecular formula is C24H26N4O3. The fourth-order valence-electron chi connectivity index (χ4n) is 2.85. The Balaban J connectivity index is 1.49. The van der Waals surface area contributed by atoms with Gasteiger partial charge < -0.3 is 10.1 Å². The summed E-state index contributed by atoms with van der Waals surface area (Å²) in [5.41, 5.74) is 3.46. The van der Waals surface area contributed by atoms with Crippen LogP contribution in [0.4, 0.5) is 5.69 Å². The molecule has 0 aliphatic carbocycles. The predicted molar refractivity (Wildman–Crippen MR) is 119 cm³/mol. The van der Waals surface area contributed by atoms with Crippen LogP contribution in [0.5, 0.6) is 0 Å². The summed E-state index contributed by atoms with van der Waals surface area (Å²) in [5, 5.41) is 10.8. The normalized spacial score (nSPS) is 12.1. The third kappa shape index (κ3) is 6.64. The zero-order valence-corrected chi connectivity index (χ0v) is 17.9. The first-order valence-corrected chi connectivity index (χ1v) is 10.1. The Bertz CT molecular complexity index is 1040. The van der Waals surface area contributed by atoms with E-state index in [4.69, 9.17) is 4.74 Å². The zero-order chi connectivity index (χ0) is 22.2. The number of anilines is 1. The van der Waals surface area contributed by atoms with Gasteiger partial charge in [0.15, 0.2) is 6.10 Å². The molecule has 0 spiro atoms. The quantitative estimate of drug-likeness (QED) is 0.441. The van der Waals surface area contributed by atoms with Crippen molar-refractivity contribution in [2.45, 2.75) is 39.3 Å². The van der Waals surface area contributed by atoms with E-state index in [9.17, 15) is 9.59 Å². The molecule has 2 aromatic carbocycles. The molecule has 1 atom stereocenters. The van der Waals surface area contributed by atoms with Gasteiger partial charge in [-0.3, -0.25) is 4.79 Å². The molecule has 160 valence electrons. The topological polar surface area (TPSA) is 86.1 Å². The first kappa shape index (κ1) is 22.0. The number of amides is 1. The minimum Gasteiger partial charge on any atom is -0.449 e. The fraction of sp³-hybridized carbons (Fsp3) is 0.250. The molecule has 0 saturated carbocycles. The lowest BCUT2D eigenvalue weighted by Crippen LogP contribution is -2.29. The molecule has 0 bridgehead atoms. The predicted octanol–water partition coefficient (Wildman–Crippen LogP) is 4.03. The van der Waals surface area contributed by atoms with Gasteiger partial charge in [0.25, 0.3) is 5.91 Å². The average Bonchev–Trinajstić information content (AvgIpc) is 3.20. The van der Waals surface area contributed by atoms with E-state index in [1.807, 2.05) is 54.6 Å². The SMILES string of the molecule is CC(C)c1ccc(NC(=O)[C@H](C)OC(=O)/C=C/c2cn(Cc3ccccc3)nn2)cc1. The molecular weight excluding hydrogens is 392 g/mol. The first-order chi connectivity index (χ1) is 14.9. The molecule has 1 heterocycles. The number of esters is 1. The second-order valence-electron chi connectivity index (χ2n) is 7.50. The highest BCUT2D eigenvalue weighted by molar-refractivity contribution is 5.96. The smallest absolute Gasteiger partial charge is 0.331 e. The number of carbonyl (C=O) groups is 2. The molecule has 0 saturated heterocycles. The second-order valence-corrected chi connectivity index (χ2v) is 7.50. The Hall–Kier alpha value is -3.74. The van der Waals surface area contributed by atoms with E-state index in [0.29, 0.717) is 23.8 Å². The molecule has 1 aromatic heterocycles. The summed E-state index contributed by atoms with van der Waals surface area (Å²) in [6.45, 7) is 6.32. The zero-order valence-electron chi connectivity index (χ0n) is 17.9. The summed E-state index contributed by atoms with van der Waals surface area (Å²) in [4.78, 5) is 24.3. The summed E-state index contributed by atoms with van der Waals surface area (Å²) in [6, 6.07) is 17.5. The van der Waals surface area contributed by atoms with Crippen LogP contribution in [0.3, 0.4) is 0 Å². The van der Waals surface area contributed by atoms with Crippen molar-refractivity contribution in [1.82, 2.24) is 15.0 Å². The Kier molecular flexibility index (Phi) is 7.32. The Morgan fingerprint density at radius 1 is 1.06 bits per heavy atom. The monoisotopic (exact) mass is 418 g/mol. The third-order valence-corrected chi connectivity index (χ3v) is 4.64. The van der Waals surface area contributed by atoms with Crippen LogP contribution in [0.15, 0.2) is 66.9 Å². The van der Waals surface area contributed by atoms with Crippen LogP contribution in [0.1, 0.15) is 43.5 Å². The van der Waals surface area contributed by atoms with Gasteiger partial charge >= 0.3 is 5.97 Å². The van der Waals surface area contributed by atoms with Crippen LogP contribution >= 0.6 is 0 Å². The largest absolute Gasteiger partial charge is 0.449 e. The number of nitrogens with zero attached hydrogens (tertiary/aromatic N) is 3. The highest BCUT2D eigenvalue weighted by atomic mass is 16.5. The maximum atomic E-state index is 12.3. The molecule has 0 aliphatic heterocycles. The van der Waals surface area contributed by atoms with Crippen LogP contribution in [0.25, 0.3) is 6.08 Å². The number of benzene rings is 2. The van der Waals surface area contributed by atoms with Gasteiger partial charge in [0.2, 0.25) is 0 Å². The van der Waals surface area contributed by atoms with Crippen molar-refractivity contribution >= 4 is 23.6 Å². The van der Waals surface area contributed by atoms with Gasteiger partial charge in [-0.15, -0.1) is 5.10 Å². The van der Waals surface area contributed by atoms with Crippen molar-refractivity contribution in [2.24, 2.45) is 0 Å². The van der Waals surface area contributed by atoms with E-state index in [-0.39, 0.29) is 0 Å². The van der Waals surface area contributed by atoms with Crippen molar-refractivity contribution < 1.29 is 14.3 Å². The van der Waals surface area contributed by atoms with Crippen molar-refractivity contribution in [3.8, 4) is 0 Å². The Morgan fingerprint density at radius 2 is 1.77 bits per heavy atom. The number of nitrogens with one attached hydrogen (secondary N) is 1. The lowest BCUT2D eigenvalue weighted by atomic mass is 10.0. The summed E-state index contributed by atoms with van der Waals surface area (Å²) in [7, 11) is 0. The van der Waals surface area contributed by atoms with Crippen LogP contribution in [0.2, 0.25) is 0 Å². The molecule has 1 amide bonds. The Labute approximate surface area is 181 Å². The van der Waals surface area contributed by atoms with Crippen molar-refractivity contribution in [3.05, 3.63) is 83.7 Å². The summed E-state index contributed by atoms with van der Waals surface area (Å²) in [6.07, 6.45) is 3.54. The maximum absolute atomic E-state index is 12.3. The maximum Gasteiger partial charge on any atom is 0.331 e. The minimum absolute atomic E-state index is 0.396. The van der Waals surface area contributed by atoms with Gasteiger partial charge in [0.05, 0.1) is 12.7 Å². The number of hydrogen-bond donors (Lipinski definition) is 1. The van der Waals surface area contributed by atoms with Gasteiger partial charge in [-0.25, -0.2) is 9.48 Å². The minimum atomic E-state index is -0.935. The summed E-state index contributed by atoms with van der Waals surface area (Å²) < 4.78 is 6.86. The van der Waals surface area contributed by atoms with Crippen molar-refractivity contribution in [3.63, 3.8) is 0 Å². The van der Waals surface area contributed by atoms with Crippen molar-refractivity contribution in [1.29, 1.82) is 0 Å². The molecule has 0 fully saturated rings. The third-order valence-electron chi connectivity index (χ3n) is 4.64. The molecule has 0 radical (unpaired) electrons. The molecule has 7 nitrogen and oxygen atoms in total. The highest BCUT2D eigenvalue weighted by Crippen LogP contribution is 2.17. The van der Waals surface area contributed by atoms with Gasteiger partial charge in [-0.1, -0.05) is 61.5 Å². The van der Waals surface area contributed by atoms with Crippen LogP contribution < -0.4 is 5.32 Å². The molecule has 3 rings (SSSR count). The standard InChI is InChI=1S/C24H26N4O3/c1-17(2)20-9-11-21(12-10-20)25-24(30)18(3)31-23(29)14-13-22-16-28(27-26-22)15-19-7-5-4-6-8-19/h4-14,16-18H,15H2,1-3H3,(H,25,30)/b14-13+/t18-/m0/s1. The van der Waals surface area contributed by atoms with Gasteiger partial charge in [0, 0.05) is 11.8 Å². The van der Waals surface area contributed by atoms with E-state index in [2.05, 4.69) is 29.5 Å². The number of rotatable bonds is 8. The van der Waals surface area contributed by atoms with E-state index in [1.54, 1.807) is 10.9 Å². The molecule has 3 aromatic rings. The van der Waals surface area contributed by atoms with E-state index < -0.39 is 18.0 Å². The lowest BCUT2D eigenvalue weighted by Gasteiger charge is -2.13. The molecule has 1 N–H and O–H groups in total. The first-order valence-electron chi connectivity index (χ1n) is 10.1. The Morgan fingerprint density at radius 3 is 2.45 bits per heavy atom. The van der Waals surface area contributed by atoms with Crippen LogP contribution in [-0.4, -0.2) is 33.0 Å². The number of hydrogen-bond acceptors (Lipinski definition) is 5. The van der Waals surface area contributed by atoms with Gasteiger partial charge in [-0.2, -0.15) is 0 Å². The molecule has 0 aliphatic rings. The fourth-order valence-corrected chi connectivity index (χ4v) is 2.85. The van der Waals surface area contributed by atoms with Crippen molar-refractivity contribution in [2.75, 3.05) is 5.32 Å². The van der Waals surface area contributed by atoms with E-state index in [1.165, 1.54) is 24.6 Å². The van der Waals surface area contributed by atoms with E-state index >= 15 is 0 Å².